The summed E-state index contributed by atoms with van der Waals surface area (Å²) < 4.78 is 0. The summed E-state index contributed by atoms with van der Waals surface area (Å²) in [6.45, 7) is 0.206. The van der Waals surface area contributed by atoms with Gasteiger partial charge < -0.3 is 15.5 Å². The Morgan fingerprint density at radius 2 is 2.05 bits per heavy atom. The molecule has 0 bridgehead atoms. The van der Waals surface area contributed by atoms with Gasteiger partial charge in [0.05, 0.1) is 12.4 Å². The van der Waals surface area contributed by atoms with Crippen LogP contribution < -0.4 is 10.6 Å². The number of carbonyl (C=O) groups is 2. The molecular formula is C14H21N3O2S. The van der Waals surface area contributed by atoms with Gasteiger partial charge in [0.25, 0.3) is 0 Å². The molecule has 1 atom stereocenters. The van der Waals surface area contributed by atoms with Crippen molar-refractivity contribution in [3.8, 4) is 12.3 Å². The Labute approximate surface area is 124 Å². The highest BCUT2D eigenvalue weighted by Crippen LogP contribution is 2.22. The predicted molar refractivity (Wildman–Crippen MR) is 80.2 cm³/mol. The molecule has 2 rings (SSSR count). The Bertz CT molecular complexity index is 402. The van der Waals surface area contributed by atoms with Crippen LogP contribution in [0.5, 0.6) is 0 Å². The molecule has 1 saturated heterocycles. The van der Waals surface area contributed by atoms with E-state index >= 15 is 0 Å². The van der Waals surface area contributed by atoms with E-state index in [-0.39, 0.29) is 24.5 Å². The maximum Gasteiger partial charge on any atom is 0.319 e. The summed E-state index contributed by atoms with van der Waals surface area (Å²) >= 11 is 1.60. The summed E-state index contributed by atoms with van der Waals surface area (Å²) in [5.74, 6) is 3.41. The molecule has 110 valence electrons. The quantitative estimate of drug-likeness (QED) is 0.768. The lowest BCUT2D eigenvalue weighted by atomic mass is 9.96. The number of amides is 3. The predicted octanol–water partition coefficient (Wildman–Crippen LogP) is 1.15. The second kappa shape index (κ2) is 7.44. The minimum atomic E-state index is -0.406. The Morgan fingerprint density at radius 1 is 1.30 bits per heavy atom. The van der Waals surface area contributed by atoms with Gasteiger partial charge in [-0.15, -0.1) is 18.2 Å². The zero-order valence-electron chi connectivity index (χ0n) is 11.6. The first kappa shape index (κ1) is 15.0. The number of hydrogen-bond donors (Lipinski definition) is 2. The largest absolute Gasteiger partial charge is 0.343 e. The van der Waals surface area contributed by atoms with Crippen molar-refractivity contribution in [2.24, 2.45) is 0 Å². The molecule has 5 nitrogen and oxygen atoms in total. The van der Waals surface area contributed by atoms with E-state index in [0.29, 0.717) is 11.6 Å². The van der Waals surface area contributed by atoms with Gasteiger partial charge in [0, 0.05) is 11.8 Å². The molecule has 6 heteroatoms. The highest BCUT2D eigenvalue weighted by molar-refractivity contribution is 7.99. The van der Waals surface area contributed by atoms with Crippen LogP contribution in [0, 0.1) is 12.3 Å². The smallest absolute Gasteiger partial charge is 0.319 e. The van der Waals surface area contributed by atoms with Gasteiger partial charge in [0.1, 0.15) is 6.04 Å². The molecule has 0 aromatic rings. The molecule has 0 aromatic carbocycles. The van der Waals surface area contributed by atoms with Crippen LogP contribution in [-0.2, 0) is 4.79 Å². The Morgan fingerprint density at radius 3 is 2.75 bits per heavy atom. The van der Waals surface area contributed by atoms with Gasteiger partial charge in [-0.2, -0.15) is 0 Å². The number of hydrogen-bond acceptors (Lipinski definition) is 3. The van der Waals surface area contributed by atoms with E-state index in [1.165, 1.54) is 19.3 Å². The molecule has 0 unspecified atom stereocenters. The molecule has 1 aliphatic carbocycles. The number of terminal acetylenes is 1. The monoisotopic (exact) mass is 295 g/mol. The molecule has 2 fully saturated rings. The fourth-order valence-electron chi connectivity index (χ4n) is 2.62. The van der Waals surface area contributed by atoms with E-state index in [4.69, 9.17) is 6.42 Å². The van der Waals surface area contributed by atoms with Crippen molar-refractivity contribution in [3.05, 3.63) is 0 Å². The van der Waals surface area contributed by atoms with Gasteiger partial charge in [0.2, 0.25) is 5.91 Å². The third-order valence-corrected chi connectivity index (χ3v) is 4.76. The molecule has 2 aliphatic rings. The Hall–Kier alpha value is -1.35. The van der Waals surface area contributed by atoms with Crippen molar-refractivity contribution < 1.29 is 9.59 Å². The van der Waals surface area contributed by atoms with Gasteiger partial charge in [-0.1, -0.05) is 25.2 Å². The van der Waals surface area contributed by atoms with Crippen molar-refractivity contribution in [1.29, 1.82) is 0 Å². The number of rotatable bonds is 3. The maximum absolute atomic E-state index is 12.3. The number of nitrogens with one attached hydrogen (secondary N) is 2. The highest BCUT2D eigenvalue weighted by Gasteiger charge is 2.35. The van der Waals surface area contributed by atoms with E-state index < -0.39 is 6.04 Å². The van der Waals surface area contributed by atoms with Crippen LogP contribution in [0.25, 0.3) is 0 Å². The zero-order chi connectivity index (χ0) is 14.4. The molecule has 1 aliphatic heterocycles. The van der Waals surface area contributed by atoms with Crippen molar-refractivity contribution in [3.63, 3.8) is 0 Å². The molecule has 0 spiro atoms. The molecule has 1 heterocycles. The van der Waals surface area contributed by atoms with Crippen molar-refractivity contribution >= 4 is 23.7 Å². The van der Waals surface area contributed by atoms with Crippen LogP contribution in [0.4, 0.5) is 4.79 Å². The van der Waals surface area contributed by atoms with E-state index in [9.17, 15) is 9.59 Å². The summed E-state index contributed by atoms with van der Waals surface area (Å²) in [5, 5.41) is 5.71. The lowest BCUT2D eigenvalue weighted by Crippen LogP contribution is -2.52. The normalized spacial score (nSPS) is 23.1. The zero-order valence-corrected chi connectivity index (χ0v) is 12.4. The first-order valence-electron chi connectivity index (χ1n) is 7.08. The van der Waals surface area contributed by atoms with E-state index in [1.807, 2.05) is 0 Å². The summed E-state index contributed by atoms with van der Waals surface area (Å²) in [6.07, 6.45) is 10.8. The summed E-state index contributed by atoms with van der Waals surface area (Å²) in [7, 11) is 0. The minimum Gasteiger partial charge on any atom is -0.343 e. The molecule has 0 radical (unpaired) electrons. The highest BCUT2D eigenvalue weighted by atomic mass is 32.2. The number of urea groups is 1. The standard InChI is InChI=1S/C14H21N3O2S/c1-2-8-15-13(18)12-9-20-10-17(12)14(19)16-11-6-4-3-5-7-11/h1,11-12H,3-10H2,(H,15,18)(H,16,19)/t12-/m0/s1. The molecule has 0 aromatic heterocycles. The maximum atomic E-state index is 12.3. The fraction of sp³-hybridized carbons (Fsp3) is 0.714. The lowest BCUT2D eigenvalue weighted by Gasteiger charge is -2.28. The van der Waals surface area contributed by atoms with Crippen molar-refractivity contribution in [2.45, 2.75) is 44.2 Å². The van der Waals surface area contributed by atoms with Gasteiger partial charge >= 0.3 is 6.03 Å². The van der Waals surface area contributed by atoms with Crippen LogP contribution >= 0.6 is 11.8 Å². The SMILES string of the molecule is C#CCNC(=O)[C@@H]1CSCN1C(=O)NC1CCCCC1. The van der Waals surface area contributed by atoms with Crippen LogP contribution in [0.1, 0.15) is 32.1 Å². The molecule has 1 saturated carbocycles. The van der Waals surface area contributed by atoms with Crippen LogP contribution in [-0.4, -0.2) is 47.1 Å². The Balaban J connectivity index is 1.87. The summed E-state index contributed by atoms with van der Waals surface area (Å²) in [5.41, 5.74) is 0. The first-order valence-corrected chi connectivity index (χ1v) is 8.24. The molecular weight excluding hydrogens is 274 g/mol. The number of nitrogens with zero attached hydrogens (tertiary/aromatic N) is 1. The van der Waals surface area contributed by atoms with Gasteiger partial charge in [-0.25, -0.2) is 4.79 Å². The topological polar surface area (TPSA) is 61.4 Å². The second-order valence-corrected chi connectivity index (χ2v) is 6.19. The summed E-state index contributed by atoms with van der Waals surface area (Å²) in [6, 6.07) is -0.268. The van der Waals surface area contributed by atoms with E-state index in [0.717, 1.165) is 12.8 Å². The Kier molecular flexibility index (Phi) is 5.60. The lowest BCUT2D eigenvalue weighted by molar-refractivity contribution is -0.124. The van der Waals surface area contributed by atoms with E-state index in [2.05, 4.69) is 16.6 Å². The summed E-state index contributed by atoms with van der Waals surface area (Å²) in [4.78, 5) is 25.9. The third-order valence-electron chi connectivity index (χ3n) is 3.74. The van der Waals surface area contributed by atoms with Gasteiger partial charge in [0.15, 0.2) is 0 Å². The van der Waals surface area contributed by atoms with Crippen molar-refractivity contribution in [1.82, 2.24) is 15.5 Å². The number of carbonyl (C=O) groups excluding carboxylic acids is 2. The molecule has 3 amide bonds. The van der Waals surface area contributed by atoms with Crippen LogP contribution in [0.2, 0.25) is 0 Å². The molecule has 2 N–H and O–H groups in total. The van der Waals surface area contributed by atoms with Gasteiger partial charge in [-0.3, -0.25) is 4.79 Å². The van der Waals surface area contributed by atoms with Crippen molar-refractivity contribution in [2.75, 3.05) is 18.2 Å². The van der Waals surface area contributed by atoms with Crippen LogP contribution in [0.15, 0.2) is 0 Å². The average molecular weight is 295 g/mol. The average Bonchev–Trinajstić information content (AvgIpc) is 2.95. The second-order valence-electron chi connectivity index (χ2n) is 5.19. The number of thioether (sulfide) groups is 1. The van der Waals surface area contributed by atoms with Gasteiger partial charge in [-0.05, 0) is 12.8 Å². The van der Waals surface area contributed by atoms with E-state index in [1.54, 1.807) is 16.7 Å². The minimum absolute atomic E-state index is 0.122. The first-order chi connectivity index (χ1) is 9.72. The van der Waals surface area contributed by atoms with Crippen LogP contribution in [0.3, 0.4) is 0 Å². The molecule has 20 heavy (non-hydrogen) atoms. The third kappa shape index (κ3) is 3.83. The fourth-order valence-corrected chi connectivity index (χ4v) is 3.77.